The van der Waals surface area contributed by atoms with E-state index < -0.39 is 6.36 Å². The summed E-state index contributed by atoms with van der Waals surface area (Å²) < 4.78 is 40.2. The number of alkyl halides is 3. The largest absolute Gasteiger partial charge is 0.573 e. The highest BCUT2D eigenvalue weighted by Gasteiger charge is 2.31. The highest BCUT2D eigenvalue weighted by atomic mass is 19.4. The number of rotatable bonds is 2. The predicted octanol–water partition coefficient (Wildman–Crippen LogP) is 2.93. The number of hydrogen-bond donors (Lipinski definition) is 1. The second-order valence-corrected chi connectivity index (χ2v) is 3.83. The Morgan fingerprint density at radius 3 is 2.53 bits per heavy atom. The molecule has 1 aromatic carbocycles. The van der Waals surface area contributed by atoms with E-state index in [0.29, 0.717) is 11.3 Å². The number of nitrogen functional groups attached to an aromatic ring is 1. The van der Waals surface area contributed by atoms with E-state index in [0.717, 1.165) is 0 Å². The Morgan fingerprint density at radius 2 is 1.89 bits per heavy atom. The lowest BCUT2D eigenvalue weighted by molar-refractivity contribution is -0.274. The summed E-state index contributed by atoms with van der Waals surface area (Å²) in [6.45, 7) is 1.72. The molecular weight excluding hydrogens is 259 g/mol. The van der Waals surface area contributed by atoms with E-state index in [9.17, 15) is 13.2 Å². The normalized spacial score (nSPS) is 11.4. The zero-order chi connectivity index (χ0) is 14.0. The zero-order valence-electron chi connectivity index (χ0n) is 9.90. The highest BCUT2D eigenvalue weighted by Crippen LogP contribution is 2.26. The summed E-state index contributed by atoms with van der Waals surface area (Å²) in [6, 6.07) is 6.99. The number of nitrogens with two attached hydrogens (primary N) is 1. The lowest BCUT2D eigenvalue weighted by Gasteiger charge is -2.10. The summed E-state index contributed by atoms with van der Waals surface area (Å²) in [4.78, 5) is 8.09. The van der Waals surface area contributed by atoms with Gasteiger partial charge in [0.2, 0.25) is 0 Å². The van der Waals surface area contributed by atoms with E-state index in [-0.39, 0.29) is 17.4 Å². The molecule has 2 N–H and O–H groups in total. The number of anilines is 1. The van der Waals surface area contributed by atoms with Gasteiger partial charge < -0.3 is 10.5 Å². The number of nitrogens with zero attached hydrogens (tertiary/aromatic N) is 2. The van der Waals surface area contributed by atoms with Crippen molar-refractivity contribution in [3.63, 3.8) is 0 Å². The summed E-state index contributed by atoms with van der Waals surface area (Å²) >= 11 is 0. The molecule has 2 aromatic rings. The molecule has 0 bridgehead atoms. The van der Waals surface area contributed by atoms with Crippen molar-refractivity contribution in [1.82, 2.24) is 9.97 Å². The van der Waals surface area contributed by atoms with Crippen molar-refractivity contribution in [2.75, 3.05) is 5.73 Å². The van der Waals surface area contributed by atoms with Crippen LogP contribution in [0.2, 0.25) is 0 Å². The maximum Gasteiger partial charge on any atom is 0.573 e. The molecule has 0 atom stereocenters. The van der Waals surface area contributed by atoms with Gasteiger partial charge >= 0.3 is 6.36 Å². The monoisotopic (exact) mass is 269 g/mol. The molecule has 0 radical (unpaired) electrons. The first-order valence-corrected chi connectivity index (χ1v) is 5.31. The zero-order valence-corrected chi connectivity index (χ0v) is 9.90. The second kappa shape index (κ2) is 4.75. The number of halogens is 3. The van der Waals surface area contributed by atoms with Crippen molar-refractivity contribution in [3.8, 4) is 17.1 Å². The Balaban J connectivity index is 2.37. The predicted molar refractivity (Wildman–Crippen MR) is 63.3 cm³/mol. The molecule has 0 aliphatic carbocycles. The van der Waals surface area contributed by atoms with Crippen molar-refractivity contribution < 1.29 is 17.9 Å². The maximum atomic E-state index is 12.1. The number of aryl methyl sites for hydroxylation is 1. The van der Waals surface area contributed by atoms with Gasteiger partial charge in [0, 0.05) is 17.3 Å². The van der Waals surface area contributed by atoms with Gasteiger partial charge in [-0.3, -0.25) is 0 Å². The standard InChI is InChI=1S/C12H10F3N3O/c1-7-5-10(16)18-11(17-7)8-3-2-4-9(6-8)19-12(13,14)15/h2-6H,1H3,(H2,16,17,18). The van der Waals surface area contributed by atoms with E-state index >= 15 is 0 Å². The van der Waals surface area contributed by atoms with Crippen LogP contribution in [0.15, 0.2) is 30.3 Å². The number of benzene rings is 1. The molecule has 100 valence electrons. The van der Waals surface area contributed by atoms with E-state index in [4.69, 9.17) is 5.73 Å². The first kappa shape index (κ1) is 13.1. The third kappa shape index (κ3) is 3.57. The molecule has 19 heavy (non-hydrogen) atoms. The second-order valence-electron chi connectivity index (χ2n) is 3.83. The summed E-state index contributed by atoms with van der Waals surface area (Å²) in [5.74, 6) is 0.184. The van der Waals surface area contributed by atoms with Gasteiger partial charge in [-0.15, -0.1) is 13.2 Å². The number of hydrogen-bond acceptors (Lipinski definition) is 4. The van der Waals surface area contributed by atoms with Crippen LogP contribution in [0.25, 0.3) is 11.4 Å². The Bertz CT molecular complexity index is 579. The molecule has 0 fully saturated rings. The minimum Gasteiger partial charge on any atom is -0.406 e. The van der Waals surface area contributed by atoms with Gasteiger partial charge in [-0.25, -0.2) is 9.97 Å². The Morgan fingerprint density at radius 1 is 1.16 bits per heavy atom. The fourth-order valence-corrected chi connectivity index (χ4v) is 1.55. The van der Waals surface area contributed by atoms with Crippen LogP contribution in [0, 0.1) is 6.92 Å². The molecule has 0 saturated carbocycles. The van der Waals surface area contributed by atoms with E-state index in [2.05, 4.69) is 14.7 Å². The molecule has 7 heteroatoms. The fourth-order valence-electron chi connectivity index (χ4n) is 1.55. The van der Waals surface area contributed by atoms with Gasteiger partial charge in [0.05, 0.1) is 0 Å². The van der Waals surface area contributed by atoms with Crippen LogP contribution in [0.5, 0.6) is 5.75 Å². The smallest absolute Gasteiger partial charge is 0.406 e. The lowest BCUT2D eigenvalue weighted by atomic mass is 10.2. The summed E-state index contributed by atoms with van der Waals surface area (Å²) in [5, 5.41) is 0. The SMILES string of the molecule is Cc1cc(N)nc(-c2cccc(OC(F)(F)F)c2)n1. The van der Waals surface area contributed by atoms with Crippen LogP contribution in [-0.4, -0.2) is 16.3 Å². The Kier molecular flexibility index (Phi) is 3.28. The molecule has 2 rings (SSSR count). The molecule has 0 amide bonds. The topological polar surface area (TPSA) is 61.0 Å². The average Bonchev–Trinajstić information content (AvgIpc) is 2.25. The van der Waals surface area contributed by atoms with Crippen LogP contribution >= 0.6 is 0 Å². The minimum atomic E-state index is -4.73. The van der Waals surface area contributed by atoms with Crippen LogP contribution < -0.4 is 10.5 Å². The number of ether oxygens (including phenoxy) is 1. The highest BCUT2D eigenvalue weighted by molar-refractivity contribution is 5.59. The Labute approximate surface area is 107 Å². The average molecular weight is 269 g/mol. The molecule has 4 nitrogen and oxygen atoms in total. The third-order valence-electron chi connectivity index (χ3n) is 2.20. The van der Waals surface area contributed by atoms with Crippen molar-refractivity contribution in [2.24, 2.45) is 0 Å². The summed E-state index contributed by atoms with van der Waals surface area (Å²) in [6.07, 6.45) is -4.73. The third-order valence-corrected chi connectivity index (χ3v) is 2.20. The van der Waals surface area contributed by atoms with Gasteiger partial charge in [0.25, 0.3) is 0 Å². The fraction of sp³-hybridized carbons (Fsp3) is 0.167. The van der Waals surface area contributed by atoms with Gasteiger partial charge in [0.15, 0.2) is 5.82 Å². The molecule has 1 aromatic heterocycles. The first-order chi connectivity index (χ1) is 8.83. The van der Waals surface area contributed by atoms with Crippen LogP contribution in [0.1, 0.15) is 5.69 Å². The molecule has 0 unspecified atom stereocenters. The molecule has 0 saturated heterocycles. The molecular formula is C12H10F3N3O. The molecule has 0 aliphatic heterocycles. The van der Waals surface area contributed by atoms with Crippen LogP contribution in [0.4, 0.5) is 19.0 Å². The molecule has 0 spiro atoms. The molecule has 1 heterocycles. The van der Waals surface area contributed by atoms with Crippen molar-refractivity contribution >= 4 is 5.82 Å². The van der Waals surface area contributed by atoms with Gasteiger partial charge in [0.1, 0.15) is 11.6 Å². The lowest BCUT2D eigenvalue weighted by Crippen LogP contribution is -2.17. The number of aromatic nitrogens is 2. The van der Waals surface area contributed by atoms with E-state index in [1.54, 1.807) is 19.1 Å². The van der Waals surface area contributed by atoms with Gasteiger partial charge in [-0.2, -0.15) is 0 Å². The summed E-state index contributed by atoms with van der Waals surface area (Å²) in [7, 11) is 0. The van der Waals surface area contributed by atoms with Gasteiger partial charge in [-0.05, 0) is 19.1 Å². The van der Waals surface area contributed by atoms with E-state index in [1.807, 2.05) is 0 Å². The quantitative estimate of drug-likeness (QED) is 0.910. The van der Waals surface area contributed by atoms with E-state index in [1.165, 1.54) is 18.2 Å². The van der Waals surface area contributed by atoms with Crippen LogP contribution in [0.3, 0.4) is 0 Å². The van der Waals surface area contributed by atoms with Gasteiger partial charge in [-0.1, -0.05) is 12.1 Å². The maximum absolute atomic E-state index is 12.1. The van der Waals surface area contributed by atoms with Crippen molar-refractivity contribution in [2.45, 2.75) is 13.3 Å². The minimum absolute atomic E-state index is 0.254. The summed E-state index contributed by atoms with van der Waals surface area (Å²) in [5.41, 5.74) is 6.60. The molecule has 0 aliphatic rings. The Hall–Kier alpha value is -2.31. The first-order valence-electron chi connectivity index (χ1n) is 5.31. The van der Waals surface area contributed by atoms with Crippen LogP contribution in [-0.2, 0) is 0 Å². The van der Waals surface area contributed by atoms with Crippen molar-refractivity contribution in [3.05, 3.63) is 36.0 Å². The van der Waals surface area contributed by atoms with Crippen molar-refractivity contribution in [1.29, 1.82) is 0 Å².